The maximum Gasteiger partial charge on any atom is 0.328 e. The molecule has 1 atom stereocenters. The number of hydrogen-bond donors (Lipinski definition) is 2. The number of nitrogens with one attached hydrogen (secondary N) is 1. The number of carboxylic acids is 1. The van der Waals surface area contributed by atoms with Crippen LogP contribution in [0.4, 0.5) is 10.1 Å². The van der Waals surface area contributed by atoms with E-state index in [-0.39, 0.29) is 11.5 Å². The lowest BCUT2D eigenvalue weighted by Crippen LogP contribution is -2.26. The van der Waals surface area contributed by atoms with Crippen LogP contribution in [0.15, 0.2) is 24.3 Å². The summed E-state index contributed by atoms with van der Waals surface area (Å²) >= 11 is 0. The molecular weight excluding hydrogens is 265 g/mol. The Bertz CT molecular complexity index is 550. The SMILES string of the molecule is O=C(O)/C=C/c1cc(NC(=O)C2CCCO2)ccc1F. The third kappa shape index (κ3) is 3.64. The van der Waals surface area contributed by atoms with Gasteiger partial charge in [0.25, 0.3) is 5.91 Å². The molecule has 0 aromatic heterocycles. The normalized spacial score (nSPS) is 18.4. The number of carboxylic acid groups (broad SMARTS) is 1. The van der Waals surface area contributed by atoms with E-state index in [2.05, 4.69) is 5.32 Å². The number of anilines is 1. The Hall–Kier alpha value is -2.21. The lowest BCUT2D eigenvalue weighted by atomic mass is 10.1. The van der Waals surface area contributed by atoms with Gasteiger partial charge in [-0.25, -0.2) is 9.18 Å². The van der Waals surface area contributed by atoms with Crippen molar-refractivity contribution in [1.82, 2.24) is 0 Å². The van der Waals surface area contributed by atoms with Crippen molar-refractivity contribution in [3.63, 3.8) is 0 Å². The van der Waals surface area contributed by atoms with Crippen molar-refractivity contribution in [3.05, 3.63) is 35.7 Å². The maximum atomic E-state index is 13.5. The van der Waals surface area contributed by atoms with Gasteiger partial charge in [-0.1, -0.05) is 0 Å². The molecule has 1 aromatic carbocycles. The first kappa shape index (κ1) is 14.2. The minimum Gasteiger partial charge on any atom is -0.478 e. The van der Waals surface area contributed by atoms with E-state index in [1.807, 2.05) is 0 Å². The van der Waals surface area contributed by atoms with Crippen molar-refractivity contribution in [2.75, 3.05) is 11.9 Å². The van der Waals surface area contributed by atoms with E-state index in [9.17, 15) is 14.0 Å². The van der Waals surface area contributed by atoms with Gasteiger partial charge in [-0.15, -0.1) is 0 Å². The molecule has 1 unspecified atom stereocenters. The molecule has 1 saturated heterocycles. The van der Waals surface area contributed by atoms with Gasteiger partial charge in [-0.2, -0.15) is 0 Å². The summed E-state index contributed by atoms with van der Waals surface area (Å²) in [5.74, 6) is -2.00. The van der Waals surface area contributed by atoms with E-state index in [1.165, 1.54) is 18.2 Å². The van der Waals surface area contributed by atoms with Crippen molar-refractivity contribution < 1.29 is 23.8 Å². The number of hydrogen-bond acceptors (Lipinski definition) is 3. The van der Waals surface area contributed by atoms with Gasteiger partial charge in [0, 0.05) is 23.9 Å². The second kappa shape index (κ2) is 6.29. The minimum atomic E-state index is -1.17. The summed E-state index contributed by atoms with van der Waals surface area (Å²) in [6, 6.07) is 3.97. The number of carbonyl (C=O) groups excluding carboxylic acids is 1. The van der Waals surface area contributed by atoms with Crippen LogP contribution in [0.5, 0.6) is 0 Å². The molecule has 1 fully saturated rings. The molecule has 0 aliphatic carbocycles. The predicted molar refractivity (Wildman–Crippen MR) is 70.7 cm³/mol. The van der Waals surface area contributed by atoms with Gasteiger partial charge in [-0.3, -0.25) is 4.79 Å². The van der Waals surface area contributed by atoms with Gasteiger partial charge < -0.3 is 15.2 Å². The lowest BCUT2D eigenvalue weighted by molar-refractivity contribution is -0.131. The van der Waals surface area contributed by atoms with Crippen LogP contribution >= 0.6 is 0 Å². The molecule has 0 bridgehead atoms. The molecule has 1 amide bonds. The first-order valence-electron chi connectivity index (χ1n) is 6.19. The van der Waals surface area contributed by atoms with Gasteiger partial charge in [0.2, 0.25) is 0 Å². The Labute approximate surface area is 115 Å². The summed E-state index contributed by atoms with van der Waals surface area (Å²) in [4.78, 5) is 22.3. The molecule has 1 aliphatic heterocycles. The Kier molecular flexibility index (Phi) is 4.47. The summed E-state index contributed by atoms with van der Waals surface area (Å²) in [5, 5.41) is 11.2. The number of benzene rings is 1. The Morgan fingerprint density at radius 3 is 2.90 bits per heavy atom. The van der Waals surface area contributed by atoms with Crippen LogP contribution in [-0.2, 0) is 14.3 Å². The topological polar surface area (TPSA) is 75.6 Å². The summed E-state index contributed by atoms with van der Waals surface area (Å²) in [6.07, 6.45) is 3.01. The highest BCUT2D eigenvalue weighted by Gasteiger charge is 2.23. The standard InChI is InChI=1S/C14H14FNO4/c15-11-5-4-10(8-9(11)3-6-13(17)18)16-14(19)12-2-1-7-20-12/h3-6,8,12H,1-2,7H2,(H,16,19)(H,17,18)/b6-3+. The highest BCUT2D eigenvalue weighted by Crippen LogP contribution is 2.19. The summed E-state index contributed by atoms with van der Waals surface area (Å²) in [6.45, 7) is 0.564. The number of halogens is 1. The van der Waals surface area contributed by atoms with Gasteiger partial charge in [0.05, 0.1) is 0 Å². The fourth-order valence-electron chi connectivity index (χ4n) is 1.92. The highest BCUT2D eigenvalue weighted by atomic mass is 19.1. The lowest BCUT2D eigenvalue weighted by Gasteiger charge is -2.11. The van der Waals surface area contributed by atoms with Crippen molar-refractivity contribution in [2.45, 2.75) is 18.9 Å². The van der Waals surface area contributed by atoms with Gasteiger partial charge in [0.1, 0.15) is 11.9 Å². The average molecular weight is 279 g/mol. The third-order valence-electron chi connectivity index (χ3n) is 2.89. The first-order valence-corrected chi connectivity index (χ1v) is 6.19. The monoisotopic (exact) mass is 279 g/mol. The molecule has 106 valence electrons. The van der Waals surface area contributed by atoms with Gasteiger partial charge >= 0.3 is 5.97 Å². The zero-order valence-corrected chi connectivity index (χ0v) is 10.6. The largest absolute Gasteiger partial charge is 0.478 e. The van der Waals surface area contributed by atoms with Crippen LogP contribution in [0.2, 0.25) is 0 Å². The quantitative estimate of drug-likeness (QED) is 0.827. The predicted octanol–water partition coefficient (Wildman–Crippen LogP) is 2.04. The fourth-order valence-corrected chi connectivity index (χ4v) is 1.92. The summed E-state index contributed by atoms with van der Waals surface area (Å²) in [5.41, 5.74) is 0.495. The number of rotatable bonds is 4. The Morgan fingerprint density at radius 1 is 1.45 bits per heavy atom. The van der Waals surface area contributed by atoms with Crippen LogP contribution in [0.3, 0.4) is 0 Å². The van der Waals surface area contributed by atoms with E-state index >= 15 is 0 Å². The van der Waals surface area contributed by atoms with Crippen LogP contribution < -0.4 is 5.32 Å². The molecule has 2 rings (SSSR count). The fraction of sp³-hybridized carbons (Fsp3) is 0.286. The van der Waals surface area contributed by atoms with E-state index in [4.69, 9.17) is 9.84 Å². The second-order valence-electron chi connectivity index (χ2n) is 4.40. The van der Waals surface area contributed by atoms with Crippen LogP contribution in [0, 0.1) is 5.82 Å². The van der Waals surface area contributed by atoms with E-state index < -0.39 is 17.9 Å². The van der Waals surface area contributed by atoms with E-state index in [0.717, 1.165) is 18.6 Å². The molecule has 2 N–H and O–H groups in total. The molecule has 1 aliphatic rings. The van der Waals surface area contributed by atoms with Crippen LogP contribution in [0.1, 0.15) is 18.4 Å². The molecule has 0 spiro atoms. The van der Waals surface area contributed by atoms with Crippen molar-refractivity contribution in [1.29, 1.82) is 0 Å². The highest BCUT2D eigenvalue weighted by molar-refractivity contribution is 5.94. The molecule has 0 radical (unpaired) electrons. The Morgan fingerprint density at radius 2 is 2.25 bits per heavy atom. The molecule has 20 heavy (non-hydrogen) atoms. The zero-order valence-electron chi connectivity index (χ0n) is 10.6. The Balaban J connectivity index is 2.10. The molecule has 5 nitrogen and oxygen atoms in total. The molecule has 0 saturated carbocycles. The smallest absolute Gasteiger partial charge is 0.328 e. The van der Waals surface area contributed by atoms with Crippen LogP contribution in [-0.4, -0.2) is 29.7 Å². The second-order valence-corrected chi connectivity index (χ2v) is 4.40. The summed E-state index contributed by atoms with van der Waals surface area (Å²) in [7, 11) is 0. The number of aliphatic carboxylic acids is 1. The van der Waals surface area contributed by atoms with E-state index in [1.54, 1.807) is 0 Å². The third-order valence-corrected chi connectivity index (χ3v) is 2.89. The zero-order chi connectivity index (χ0) is 14.5. The van der Waals surface area contributed by atoms with Gasteiger partial charge in [0.15, 0.2) is 0 Å². The average Bonchev–Trinajstić information content (AvgIpc) is 2.93. The van der Waals surface area contributed by atoms with Gasteiger partial charge in [-0.05, 0) is 37.1 Å². The van der Waals surface area contributed by atoms with Crippen LogP contribution in [0.25, 0.3) is 6.08 Å². The number of carbonyl (C=O) groups is 2. The molecule has 6 heteroatoms. The molecule has 1 heterocycles. The first-order chi connectivity index (χ1) is 9.56. The maximum absolute atomic E-state index is 13.5. The molecular formula is C14H14FNO4. The van der Waals surface area contributed by atoms with E-state index in [0.29, 0.717) is 18.7 Å². The van der Waals surface area contributed by atoms with Crippen molar-refractivity contribution >= 4 is 23.6 Å². The number of amides is 1. The number of ether oxygens (including phenoxy) is 1. The molecule has 1 aromatic rings. The summed E-state index contributed by atoms with van der Waals surface area (Å²) < 4.78 is 18.7. The van der Waals surface area contributed by atoms with Crippen molar-refractivity contribution in [3.8, 4) is 0 Å². The van der Waals surface area contributed by atoms with Crippen molar-refractivity contribution in [2.24, 2.45) is 0 Å². The minimum absolute atomic E-state index is 0.0949.